The van der Waals surface area contributed by atoms with Crippen molar-refractivity contribution in [2.24, 2.45) is 5.92 Å². The zero-order chi connectivity index (χ0) is 20.0. The van der Waals surface area contributed by atoms with Gasteiger partial charge in [0.15, 0.2) is 0 Å². The third-order valence-electron chi connectivity index (χ3n) is 4.65. The molecule has 7 nitrogen and oxygen atoms in total. The number of carbonyl (C=O) groups is 2. The lowest BCUT2D eigenvalue weighted by Crippen LogP contribution is -2.43. The van der Waals surface area contributed by atoms with Crippen LogP contribution in [0.3, 0.4) is 0 Å². The minimum absolute atomic E-state index is 0.0315. The van der Waals surface area contributed by atoms with Crippen LogP contribution in [-0.2, 0) is 26.0 Å². The summed E-state index contributed by atoms with van der Waals surface area (Å²) < 4.78 is 27.1. The summed E-state index contributed by atoms with van der Waals surface area (Å²) in [5.41, 5.74) is 0.771. The molecule has 0 saturated carbocycles. The molecule has 2 amide bonds. The van der Waals surface area contributed by atoms with Crippen LogP contribution in [0.5, 0.6) is 0 Å². The first-order valence-corrected chi connectivity index (χ1v) is 11.0. The van der Waals surface area contributed by atoms with E-state index in [-0.39, 0.29) is 29.0 Å². The van der Waals surface area contributed by atoms with Gasteiger partial charge in [-0.05, 0) is 30.5 Å². The van der Waals surface area contributed by atoms with Crippen LogP contribution in [0.2, 0.25) is 0 Å². The fourth-order valence-corrected chi connectivity index (χ4v) is 4.52. The number of piperidine rings is 1. The second-order valence-corrected chi connectivity index (χ2v) is 9.19. The van der Waals surface area contributed by atoms with Crippen molar-refractivity contribution >= 4 is 34.5 Å². The summed E-state index contributed by atoms with van der Waals surface area (Å²) in [5, 5.41) is 2.80. The maximum absolute atomic E-state index is 12.8. The standard InChI is InChI=1S/C18H27N3O4S2/c1-20(2)17(22)13-14-3-5-16(6-4-14)27(24,25)21-10-7-15(8-11-21)18(23)19-9-12-26/h3-6,15,26H,7-13H2,1-2H3,(H,19,23). The summed E-state index contributed by atoms with van der Waals surface area (Å²) >= 11 is 4.06. The molecule has 1 N–H and O–H groups in total. The van der Waals surface area contributed by atoms with Crippen LogP contribution < -0.4 is 5.32 Å². The van der Waals surface area contributed by atoms with Crippen molar-refractivity contribution in [2.45, 2.75) is 24.2 Å². The van der Waals surface area contributed by atoms with Gasteiger partial charge >= 0.3 is 0 Å². The molecule has 1 heterocycles. The van der Waals surface area contributed by atoms with Gasteiger partial charge in [-0.1, -0.05) is 12.1 Å². The summed E-state index contributed by atoms with van der Waals surface area (Å²) in [4.78, 5) is 25.5. The van der Waals surface area contributed by atoms with Crippen molar-refractivity contribution in [3.63, 3.8) is 0 Å². The lowest BCUT2D eigenvalue weighted by molar-refractivity contribution is -0.128. The van der Waals surface area contributed by atoms with Crippen LogP contribution in [0.25, 0.3) is 0 Å². The molecule has 0 bridgehead atoms. The number of sulfonamides is 1. The molecular weight excluding hydrogens is 386 g/mol. The first-order chi connectivity index (χ1) is 12.8. The van der Waals surface area contributed by atoms with Gasteiger partial charge in [0.25, 0.3) is 0 Å². The monoisotopic (exact) mass is 413 g/mol. The van der Waals surface area contributed by atoms with Gasteiger partial charge in [0.1, 0.15) is 0 Å². The minimum Gasteiger partial charge on any atom is -0.355 e. The first-order valence-electron chi connectivity index (χ1n) is 8.93. The van der Waals surface area contributed by atoms with Crippen LogP contribution >= 0.6 is 12.6 Å². The molecule has 0 aromatic heterocycles. The van der Waals surface area contributed by atoms with Crippen LogP contribution in [0.15, 0.2) is 29.2 Å². The quantitative estimate of drug-likeness (QED) is 0.647. The average molecular weight is 414 g/mol. The normalized spacial score (nSPS) is 16.1. The van der Waals surface area contributed by atoms with E-state index in [9.17, 15) is 18.0 Å². The molecular formula is C18H27N3O4S2. The Kier molecular flexibility index (Phi) is 7.69. The highest BCUT2D eigenvalue weighted by Crippen LogP contribution is 2.24. The Morgan fingerprint density at radius 3 is 2.30 bits per heavy atom. The third kappa shape index (κ3) is 5.70. The van der Waals surface area contributed by atoms with Gasteiger partial charge in [-0.2, -0.15) is 16.9 Å². The van der Waals surface area contributed by atoms with Crippen LogP contribution in [0.1, 0.15) is 18.4 Å². The number of hydrogen-bond donors (Lipinski definition) is 2. The summed E-state index contributed by atoms with van der Waals surface area (Å²) in [6.45, 7) is 1.16. The number of thiol groups is 1. The maximum Gasteiger partial charge on any atom is 0.243 e. The van der Waals surface area contributed by atoms with Gasteiger partial charge in [-0.15, -0.1) is 0 Å². The molecule has 27 heavy (non-hydrogen) atoms. The van der Waals surface area contributed by atoms with E-state index in [2.05, 4.69) is 17.9 Å². The second kappa shape index (κ2) is 9.57. The Labute approximate surface area is 166 Å². The molecule has 1 aromatic rings. The van der Waals surface area contributed by atoms with E-state index in [1.807, 2.05) is 0 Å². The van der Waals surface area contributed by atoms with E-state index in [1.165, 1.54) is 9.21 Å². The zero-order valence-corrected chi connectivity index (χ0v) is 17.4. The lowest BCUT2D eigenvalue weighted by atomic mass is 9.97. The number of nitrogens with one attached hydrogen (secondary N) is 1. The highest BCUT2D eigenvalue weighted by molar-refractivity contribution is 7.89. The largest absolute Gasteiger partial charge is 0.355 e. The fourth-order valence-electron chi connectivity index (χ4n) is 2.94. The van der Waals surface area contributed by atoms with Gasteiger partial charge in [0, 0.05) is 45.4 Å². The van der Waals surface area contributed by atoms with E-state index < -0.39 is 10.0 Å². The van der Waals surface area contributed by atoms with E-state index in [1.54, 1.807) is 38.4 Å². The topological polar surface area (TPSA) is 86.8 Å². The van der Waals surface area contributed by atoms with Crippen molar-refractivity contribution < 1.29 is 18.0 Å². The van der Waals surface area contributed by atoms with Crippen molar-refractivity contribution in [2.75, 3.05) is 39.5 Å². The Balaban J connectivity index is 1.98. The van der Waals surface area contributed by atoms with Gasteiger partial charge < -0.3 is 10.2 Å². The number of nitrogens with zero attached hydrogens (tertiary/aromatic N) is 2. The van der Waals surface area contributed by atoms with Gasteiger partial charge in [0.05, 0.1) is 11.3 Å². The van der Waals surface area contributed by atoms with E-state index in [0.717, 1.165) is 5.56 Å². The SMILES string of the molecule is CN(C)C(=O)Cc1ccc(S(=O)(=O)N2CCC(C(=O)NCCS)CC2)cc1. The number of rotatable bonds is 7. The molecule has 0 unspecified atom stereocenters. The van der Waals surface area contributed by atoms with Crippen LogP contribution in [0, 0.1) is 5.92 Å². The van der Waals surface area contributed by atoms with Crippen LogP contribution in [-0.4, -0.2) is 68.9 Å². The number of amides is 2. The predicted molar refractivity (Wildman–Crippen MR) is 107 cm³/mol. The summed E-state index contributed by atoms with van der Waals surface area (Å²) in [7, 11) is -0.228. The fraction of sp³-hybridized carbons (Fsp3) is 0.556. The van der Waals surface area contributed by atoms with E-state index in [0.29, 0.717) is 38.2 Å². The Morgan fingerprint density at radius 1 is 1.19 bits per heavy atom. The predicted octanol–water partition coefficient (Wildman–Crippen LogP) is 0.764. The number of likely N-dealkylation sites (N-methyl/N-ethyl adjacent to an activating group) is 1. The summed E-state index contributed by atoms with van der Waals surface area (Å²) in [6.07, 6.45) is 1.25. The molecule has 0 atom stereocenters. The molecule has 1 aliphatic heterocycles. The van der Waals surface area contributed by atoms with E-state index in [4.69, 9.17) is 0 Å². The molecule has 1 aromatic carbocycles. The molecule has 1 fully saturated rings. The first kappa shape index (κ1) is 21.7. The molecule has 0 radical (unpaired) electrons. The zero-order valence-electron chi connectivity index (χ0n) is 15.7. The summed E-state index contributed by atoms with van der Waals surface area (Å²) in [6, 6.07) is 6.43. The van der Waals surface area contributed by atoms with Crippen molar-refractivity contribution in [3.05, 3.63) is 29.8 Å². The molecule has 1 saturated heterocycles. The molecule has 1 aliphatic rings. The Hall–Kier alpha value is -1.58. The minimum atomic E-state index is -3.60. The molecule has 2 rings (SSSR count). The average Bonchev–Trinajstić information content (AvgIpc) is 2.66. The highest BCUT2D eigenvalue weighted by Gasteiger charge is 2.31. The van der Waals surface area contributed by atoms with Crippen LogP contribution in [0.4, 0.5) is 0 Å². The molecule has 0 aliphatic carbocycles. The second-order valence-electron chi connectivity index (χ2n) is 6.80. The smallest absolute Gasteiger partial charge is 0.243 e. The van der Waals surface area contributed by atoms with Gasteiger partial charge in [-0.3, -0.25) is 9.59 Å². The van der Waals surface area contributed by atoms with Gasteiger partial charge in [-0.25, -0.2) is 8.42 Å². The van der Waals surface area contributed by atoms with Gasteiger partial charge in [0.2, 0.25) is 21.8 Å². The lowest BCUT2D eigenvalue weighted by Gasteiger charge is -2.30. The number of hydrogen-bond acceptors (Lipinski definition) is 5. The number of benzene rings is 1. The maximum atomic E-state index is 12.8. The molecule has 9 heteroatoms. The highest BCUT2D eigenvalue weighted by atomic mass is 32.2. The third-order valence-corrected chi connectivity index (χ3v) is 6.79. The van der Waals surface area contributed by atoms with Crippen molar-refractivity contribution in [1.82, 2.24) is 14.5 Å². The number of carbonyl (C=O) groups excluding carboxylic acids is 2. The Morgan fingerprint density at radius 2 is 1.78 bits per heavy atom. The van der Waals surface area contributed by atoms with Crippen molar-refractivity contribution in [1.29, 1.82) is 0 Å². The Bertz CT molecular complexity index is 755. The molecule has 150 valence electrons. The van der Waals surface area contributed by atoms with E-state index >= 15 is 0 Å². The van der Waals surface area contributed by atoms with Crippen molar-refractivity contribution in [3.8, 4) is 0 Å². The molecule has 0 spiro atoms. The summed E-state index contributed by atoms with van der Waals surface area (Å²) in [5.74, 6) is 0.352.